The van der Waals surface area contributed by atoms with Gasteiger partial charge >= 0.3 is 0 Å². The van der Waals surface area contributed by atoms with Crippen LogP contribution in [-0.4, -0.2) is 46.3 Å². The minimum Gasteiger partial charge on any atom is -0.492 e. The summed E-state index contributed by atoms with van der Waals surface area (Å²) in [5, 5.41) is 9.87. The molecule has 3 rings (SSSR count). The van der Waals surface area contributed by atoms with Gasteiger partial charge in [0.15, 0.2) is 4.77 Å². The number of aromatic amines is 1. The average molecular weight is 404 g/mol. The Hall–Kier alpha value is -2.68. The normalized spacial score (nSPS) is 16.4. The highest BCUT2D eigenvalue weighted by molar-refractivity contribution is 7.71. The second-order valence-electron chi connectivity index (χ2n) is 6.54. The van der Waals surface area contributed by atoms with E-state index in [-0.39, 0.29) is 24.2 Å². The summed E-state index contributed by atoms with van der Waals surface area (Å²) in [4.78, 5) is 26.7. The highest BCUT2D eigenvalue weighted by Gasteiger charge is 2.36. The summed E-state index contributed by atoms with van der Waals surface area (Å²) in [6, 6.07) is 7.40. The van der Waals surface area contributed by atoms with Gasteiger partial charge in [-0.25, -0.2) is 0 Å². The minimum atomic E-state index is -0.380. The molecule has 1 fully saturated rings. The number of carbonyl (C=O) groups is 2. The van der Waals surface area contributed by atoms with Crippen LogP contribution in [0.25, 0.3) is 0 Å². The molecule has 2 heterocycles. The summed E-state index contributed by atoms with van der Waals surface area (Å²) >= 11 is 5.17. The van der Waals surface area contributed by atoms with Crippen molar-refractivity contribution < 1.29 is 14.3 Å². The van der Waals surface area contributed by atoms with E-state index in [4.69, 9.17) is 17.0 Å². The number of carbonyl (C=O) groups excluding carboxylic acids is 2. The van der Waals surface area contributed by atoms with Crippen LogP contribution >= 0.6 is 12.2 Å². The number of ether oxygens (including phenoxy) is 1. The number of benzene rings is 1. The summed E-state index contributed by atoms with van der Waals surface area (Å²) in [6.07, 6.45) is 0.768. The number of para-hydroxylation sites is 2. The van der Waals surface area contributed by atoms with E-state index >= 15 is 0 Å². The first-order chi connectivity index (χ1) is 13.5. The minimum absolute atomic E-state index is 0.0702. The molecule has 150 valence electrons. The number of H-pyrrole nitrogens is 1. The Bertz CT molecular complexity index is 907. The molecule has 1 aliphatic heterocycles. The largest absolute Gasteiger partial charge is 0.492 e. The molecule has 0 spiro atoms. The van der Waals surface area contributed by atoms with Crippen molar-refractivity contribution in [3.8, 4) is 5.75 Å². The van der Waals surface area contributed by atoms with Crippen LogP contribution in [0.2, 0.25) is 0 Å². The first-order valence-electron chi connectivity index (χ1n) is 9.49. The molecule has 1 atom stereocenters. The number of amides is 2. The average Bonchev–Trinajstić information content (AvgIpc) is 3.25. The zero-order chi connectivity index (χ0) is 20.1. The lowest BCUT2D eigenvalue weighted by atomic mass is 10.1. The molecule has 0 radical (unpaired) electrons. The standard InChI is InChI=1S/C19H25N5O3S/c1-3-23-16(21-22-19(23)28)9-10-20-18(26)13-11-17(25)24(12-13)14-7-5-6-8-15(14)27-4-2/h5-8,13H,3-4,9-12H2,1-2H3,(H,20,26)(H,22,28). The van der Waals surface area contributed by atoms with Gasteiger partial charge in [0.2, 0.25) is 11.8 Å². The quantitative estimate of drug-likeness (QED) is 0.659. The van der Waals surface area contributed by atoms with Gasteiger partial charge < -0.3 is 19.5 Å². The van der Waals surface area contributed by atoms with Gasteiger partial charge in [0.1, 0.15) is 11.6 Å². The molecule has 1 aromatic carbocycles. The van der Waals surface area contributed by atoms with Crippen molar-refractivity contribution in [2.45, 2.75) is 33.2 Å². The van der Waals surface area contributed by atoms with Crippen LogP contribution in [0.4, 0.5) is 5.69 Å². The molecule has 1 aromatic heterocycles. The topological polar surface area (TPSA) is 92.2 Å². The van der Waals surface area contributed by atoms with Crippen LogP contribution in [0.1, 0.15) is 26.1 Å². The third-order valence-electron chi connectivity index (χ3n) is 4.75. The van der Waals surface area contributed by atoms with Crippen molar-refractivity contribution in [2.24, 2.45) is 5.92 Å². The fraction of sp³-hybridized carbons (Fsp3) is 0.474. The van der Waals surface area contributed by atoms with Crippen molar-refractivity contribution in [1.82, 2.24) is 20.1 Å². The first-order valence-corrected chi connectivity index (χ1v) is 9.89. The van der Waals surface area contributed by atoms with Crippen molar-refractivity contribution in [3.05, 3.63) is 34.9 Å². The Morgan fingerprint density at radius 1 is 1.39 bits per heavy atom. The number of hydrogen-bond donors (Lipinski definition) is 2. The van der Waals surface area contributed by atoms with Crippen LogP contribution < -0.4 is 15.0 Å². The van der Waals surface area contributed by atoms with E-state index in [1.807, 2.05) is 42.7 Å². The molecule has 2 aromatic rings. The van der Waals surface area contributed by atoms with Crippen molar-refractivity contribution in [3.63, 3.8) is 0 Å². The number of nitrogens with zero attached hydrogens (tertiary/aromatic N) is 3. The predicted octanol–water partition coefficient (Wildman–Crippen LogP) is 2.07. The van der Waals surface area contributed by atoms with Crippen molar-refractivity contribution in [2.75, 3.05) is 24.6 Å². The number of nitrogens with one attached hydrogen (secondary N) is 2. The van der Waals surface area contributed by atoms with Gasteiger partial charge in [-0.2, -0.15) is 5.10 Å². The Morgan fingerprint density at radius 2 is 2.18 bits per heavy atom. The highest BCUT2D eigenvalue weighted by atomic mass is 32.1. The SMILES string of the molecule is CCOc1ccccc1N1CC(C(=O)NCCc2n[nH]c(=S)n2CC)CC1=O. The van der Waals surface area contributed by atoms with Crippen molar-refractivity contribution in [1.29, 1.82) is 0 Å². The summed E-state index contributed by atoms with van der Waals surface area (Å²) in [6.45, 7) is 5.92. The molecule has 1 unspecified atom stereocenters. The van der Waals surface area contributed by atoms with Crippen LogP contribution in [-0.2, 0) is 22.6 Å². The fourth-order valence-electron chi connectivity index (χ4n) is 3.38. The second-order valence-corrected chi connectivity index (χ2v) is 6.92. The summed E-state index contributed by atoms with van der Waals surface area (Å²) in [5.41, 5.74) is 0.711. The molecule has 1 saturated heterocycles. The van der Waals surface area contributed by atoms with Gasteiger partial charge in [-0.15, -0.1) is 0 Å². The second kappa shape index (κ2) is 9.01. The van der Waals surface area contributed by atoms with Gasteiger partial charge in [0, 0.05) is 32.5 Å². The van der Waals surface area contributed by atoms with E-state index in [1.165, 1.54) is 0 Å². The van der Waals surface area contributed by atoms with E-state index in [2.05, 4.69) is 15.5 Å². The zero-order valence-corrected chi connectivity index (χ0v) is 16.9. The molecular formula is C19H25N5O3S. The van der Waals surface area contributed by atoms with Gasteiger partial charge in [-0.05, 0) is 38.2 Å². The lowest BCUT2D eigenvalue weighted by Gasteiger charge is -2.20. The maximum absolute atomic E-state index is 12.6. The summed E-state index contributed by atoms with van der Waals surface area (Å²) < 4.78 is 8.09. The summed E-state index contributed by atoms with van der Waals surface area (Å²) in [7, 11) is 0. The zero-order valence-electron chi connectivity index (χ0n) is 16.1. The molecule has 28 heavy (non-hydrogen) atoms. The molecule has 0 bridgehead atoms. The summed E-state index contributed by atoms with van der Waals surface area (Å²) in [5.74, 6) is 0.889. The smallest absolute Gasteiger partial charge is 0.227 e. The third-order valence-corrected chi connectivity index (χ3v) is 5.06. The molecule has 0 aliphatic carbocycles. The molecule has 8 nitrogen and oxygen atoms in total. The number of aromatic nitrogens is 3. The molecule has 0 saturated carbocycles. The van der Waals surface area contributed by atoms with E-state index in [0.29, 0.717) is 42.3 Å². The number of hydrogen-bond acceptors (Lipinski definition) is 5. The maximum Gasteiger partial charge on any atom is 0.227 e. The Balaban J connectivity index is 1.59. The number of anilines is 1. The van der Waals surface area contributed by atoms with E-state index in [9.17, 15) is 9.59 Å². The van der Waals surface area contributed by atoms with E-state index in [0.717, 1.165) is 12.4 Å². The van der Waals surface area contributed by atoms with Gasteiger partial charge in [-0.1, -0.05) is 12.1 Å². The van der Waals surface area contributed by atoms with Gasteiger partial charge in [0.05, 0.1) is 18.2 Å². The molecule has 9 heteroatoms. The lowest BCUT2D eigenvalue weighted by molar-refractivity contribution is -0.126. The van der Waals surface area contributed by atoms with E-state index < -0.39 is 0 Å². The molecule has 2 amide bonds. The van der Waals surface area contributed by atoms with E-state index in [1.54, 1.807) is 4.90 Å². The Kier molecular flexibility index (Phi) is 6.45. The maximum atomic E-state index is 12.6. The van der Waals surface area contributed by atoms with Gasteiger partial charge in [0.25, 0.3) is 0 Å². The van der Waals surface area contributed by atoms with Crippen LogP contribution in [0, 0.1) is 10.7 Å². The van der Waals surface area contributed by atoms with Crippen LogP contribution in [0.3, 0.4) is 0 Å². The van der Waals surface area contributed by atoms with Gasteiger partial charge in [-0.3, -0.25) is 14.7 Å². The lowest BCUT2D eigenvalue weighted by Crippen LogP contribution is -2.34. The molecule has 1 aliphatic rings. The molecular weight excluding hydrogens is 378 g/mol. The van der Waals surface area contributed by atoms with Crippen LogP contribution in [0.5, 0.6) is 5.75 Å². The Labute approximate surface area is 168 Å². The van der Waals surface area contributed by atoms with Crippen LogP contribution in [0.15, 0.2) is 24.3 Å². The fourth-order valence-corrected chi connectivity index (χ4v) is 3.66. The first kappa shape index (κ1) is 20.1. The Morgan fingerprint density at radius 3 is 2.93 bits per heavy atom. The predicted molar refractivity (Wildman–Crippen MR) is 108 cm³/mol. The number of rotatable bonds is 8. The monoisotopic (exact) mass is 403 g/mol. The van der Waals surface area contributed by atoms with Crippen molar-refractivity contribution >= 4 is 29.7 Å². The highest BCUT2D eigenvalue weighted by Crippen LogP contribution is 2.33. The molecule has 2 N–H and O–H groups in total. The third kappa shape index (κ3) is 4.24.